The molecule has 1 aliphatic heterocycles. The van der Waals surface area contributed by atoms with E-state index >= 15 is 0 Å². The number of likely N-dealkylation sites (tertiary alicyclic amines) is 1. The van der Waals surface area contributed by atoms with Gasteiger partial charge in [-0.3, -0.25) is 4.90 Å². The molecule has 0 radical (unpaired) electrons. The van der Waals surface area contributed by atoms with Crippen molar-refractivity contribution < 1.29 is 0 Å². The molecule has 0 aliphatic carbocycles. The Hall–Kier alpha value is -0.940. The van der Waals surface area contributed by atoms with Crippen molar-refractivity contribution in [2.45, 2.75) is 45.7 Å². The van der Waals surface area contributed by atoms with Crippen LogP contribution in [-0.2, 0) is 13.6 Å². The highest BCUT2D eigenvalue weighted by atomic mass is 15.3. The van der Waals surface area contributed by atoms with Crippen molar-refractivity contribution in [3.05, 3.63) is 11.6 Å². The topological polar surface area (TPSA) is 46.0 Å². The summed E-state index contributed by atoms with van der Waals surface area (Å²) in [5.74, 6) is 2.07. The van der Waals surface area contributed by atoms with Gasteiger partial charge >= 0.3 is 0 Å². The summed E-state index contributed by atoms with van der Waals surface area (Å²) in [5, 5.41) is 11.9. The van der Waals surface area contributed by atoms with Gasteiger partial charge in [0.05, 0.1) is 6.54 Å². The Balaban J connectivity index is 1.98. The van der Waals surface area contributed by atoms with Crippen LogP contribution in [0.2, 0.25) is 0 Å². The number of piperidine rings is 1. The molecule has 1 aliphatic rings. The summed E-state index contributed by atoms with van der Waals surface area (Å²) in [7, 11) is 2.05. The Morgan fingerprint density at radius 1 is 1.33 bits per heavy atom. The highest BCUT2D eigenvalue weighted by molar-refractivity contribution is 4.94. The van der Waals surface area contributed by atoms with Gasteiger partial charge in [0.2, 0.25) is 0 Å². The maximum atomic E-state index is 4.28. The van der Waals surface area contributed by atoms with Crippen LogP contribution < -0.4 is 5.32 Å². The fraction of sp³-hybridized carbons (Fsp3) is 0.846. The minimum Gasteiger partial charge on any atom is -0.317 e. The number of hydrogen-bond donors (Lipinski definition) is 1. The van der Waals surface area contributed by atoms with E-state index in [2.05, 4.69) is 31.9 Å². The predicted molar refractivity (Wildman–Crippen MR) is 72.3 cm³/mol. The Labute approximate surface area is 110 Å². The SMILES string of the molecule is CCNCC1CCCCN1Cc1nnc(C)n1C. The lowest BCUT2D eigenvalue weighted by molar-refractivity contribution is 0.133. The maximum Gasteiger partial charge on any atom is 0.146 e. The summed E-state index contributed by atoms with van der Waals surface area (Å²) >= 11 is 0. The molecule has 0 aromatic carbocycles. The molecule has 1 fully saturated rings. The lowest BCUT2D eigenvalue weighted by atomic mass is 10.0. The van der Waals surface area contributed by atoms with Gasteiger partial charge in [-0.15, -0.1) is 10.2 Å². The highest BCUT2D eigenvalue weighted by Gasteiger charge is 2.23. The van der Waals surface area contributed by atoms with E-state index in [1.54, 1.807) is 0 Å². The lowest BCUT2D eigenvalue weighted by Crippen LogP contribution is -2.45. The average Bonchev–Trinajstić information content (AvgIpc) is 2.70. The molecule has 1 unspecified atom stereocenters. The zero-order chi connectivity index (χ0) is 13.0. The summed E-state index contributed by atoms with van der Waals surface area (Å²) in [5.41, 5.74) is 0. The van der Waals surface area contributed by atoms with Gasteiger partial charge in [-0.1, -0.05) is 13.3 Å². The molecule has 0 amide bonds. The number of rotatable bonds is 5. The van der Waals surface area contributed by atoms with Crippen molar-refractivity contribution in [1.82, 2.24) is 25.0 Å². The smallest absolute Gasteiger partial charge is 0.146 e. The fourth-order valence-electron chi connectivity index (χ4n) is 2.58. The third-order valence-electron chi connectivity index (χ3n) is 3.91. The molecular weight excluding hydrogens is 226 g/mol. The van der Waals surface area contributed by atoms with E-state index in [9.17, 15) is 0 Å². The van der Waals surface area contributed by atoms with Crippen molar-refractivity contribution in [3.63, 3.8) is 0 Å². The second-order valence-electron chi connectivity index (χ2n) is 5.15. The highest BCUT2D eigenvalue weighted by Crippen LogP contribution is 2.18. The van der Waals surface area contributed by atoms with Gasteiger partial charge in [-0.05, 0) is 32.9 Å². The number of aryl methyl sites for hydroxylation is 1. The van der Waals surface area contributed by atoms with E-state index < -0.39 is 0 Å². The monoisotopic (exact) mass is 251 g/mol. The van der Waals surface area contributed by atoms with Crippen LogP contribution in [0.3, 0.4) is 0 Å². The minimum absolute atomic E-state index is 0.649. The molecule has 1 atom stereocenters. The van der Waals surface area contributed by atoms with E-state index in [1.165, 1.54) is 25.8 Å². The van der Waals surface area contributed by atoms with Gasteiger partial charge < -0.3 is 9.88 Å². The summed E-state index contributed by atoms with van der Waals surface area (Å²) in [6.45, 7) is 8.41. The molecule has 1 aromatic heterocycles. The van der Waals surface area contributed by atoms with E-state index in [0.717, 1.165) is 31.3 Å². The van der Waals surface area contributed by atoms with E-state index in [0.29, 0.717) is 6.04 Å². The molecule has 1 N–H and O–H groups in total. The molecule has 2 heterocycles. The molecule has 0 bridgehead atoms. The zero-order valence-corrected chi connectivity index (χ0v) is 11.8. The average molecular weight is 251 g/mol. The van der Waals surface area contributed by atoms with E-state index in [-0.39, 0.29) is 0 Å². The first-order valence-corrected chi connectivity index (χ1v) is 7.02. The van der Waals surface area contributed by atoms with E-state index in [1.807, 2.05) is 14.0 Å². The van der Waals surface area contributed by atoms with E-state index in [4.69, 9.17) is 0 Å². The van der Waals surface area contributed by atoms with Crippen LogP contribution in [0.5, 0.6) is 0 Å². The molecule has 102 valence electrons. The maximum absolute atomic E-state index is 4.28. The minimum atomic E-state index is 0.649. The summed E-state index contributed by atoms with van der Waals surface area (Å²) in [6.07, 6.45) is 3.95. The quantitative estimate of drug-likeness (QED) is 0.851. The van der Waals surface area contributed by atoms with Crippen LogP contribution in [0.25, 0.3) is 0 Å². The molecule has 1 saturated heterocycles. The number of likely N-dealkylation sites (N-methyl/N-ethyl adjacent to an activating group) is 1. The largest absolute Gasteiger partial charge is 0.317 e. The van der Waals surface area contributed by atoms with Gasteiger partial charge in [0.15, 0.2) is 0 Å². The number of hydrogen-bond acceptors (Lipinski definition) is 4. The summed E-state index contributed by atoms with van der Waals surface area (Å²) in [6, 6.07) is 0.649. The number of nitrogens with one attached hydrogen (secondary N) is 1. The first-order chi connectivity index (χ1) is 8.72. The molecule has 1 aromatic rings. The molecule has 5 heteroatoms. The number of aromatic nitrogens is 3. The standard InChI is InChI=1S/C13H25N5/c1-4-14-9-12-7-5-6-8-18(12)10-13-16-15-11(2)17(13)3/h12,14H,4-10H2,1-3H3. The van der Waals surface area contributed by atoms with Crippen LogP contribution in [0.4, 0.5) is 0 Å². The Bertz CT molecular complexity index is 373. The van der Waals surface area contributed by atoms with Gasteiger partial charge in [0, 0.05) is 19.6 Å². The molecular formula is C13H25N5. The van der Waals surface area contributed by atoms with Crippen molar-refractivity contribution in [2.75, 3.05) is 19.6 Å². The lowest BCUT2D eigenvalue weighted by Gasteiger charge is -2.35. The third kappa shape index (κ3) is 3.09. The van der Waals surface area contributed by atoms with Crippen molar-refractivity contribution in [1.29, 1.82) is 0 Å². The second kappa shape index (κ2) is 6.29. The van der Waals surface area contributed by atoms with Crippen LogP contribution in [-0.4, -0.2) is 45.3 Å². The molecule has 18 heavy (non-hydrogen) atoms. The van der Waals surface area contributed by atoms with Gasteiger partial charge in [0.1, 0.15) is 11.6 Å². The van der Waals surface area contributed by atoms with Crippen molar-refractivity contribution in [2.24, 2.45) is 7.05 Å². The van der Waals surface area contributed by atoms with Gasteiger partial charge in [-0.25, -0.2) is 0 Å². The second-order valence-corrected chi connectivity index (χ2v) is 5.15. The van der Waals surface area contributed by atoms with Gasteiger partial charge in [-0.2, -0.15) is 0 Å². The predicted octanol–water partition coefficient (Wildman–Crippen LogP) is 1.09. The van der Waals surface area contributed by atoms with Crippen LogP contribution in [0.15, 0.2) is 0 Å². The van der Waals surface area contributed by atoms with Gasteiger partial charge in [0.25, 0.3) is 0 Å². The Morgan fingerprint density at radius 3 is 2.83 bits per heavy atom. The fourth-order valence-corrected chi connectivity index (χ4v) is 2.58. The van der Waals surface area contributed by atoms with Crippen LogP contribution in [0, 0.1) is 6.92 Å². The molecule has 0 saturated carbocycles. The number of nitrogens with zero attached hydrogens (tertiary/aromatic N) is 4. The summed E-state index contributed by atoms with van der Waals surface area (Å²) in [4.78, 5) is 2.55. The molecule has 2 rings (SSSR count). The Morgan fingerprint density at radius 2 is 2.17 bits per heavy atom. The summed E-state index contributed by atoms with van der Waals surface area (Å²) < 4.78 is 2.10. The van der Waals surface area contributed by atoms with Crippen molar-refractivity contribution >= 4 is 0 Å². The van der Waals surface area contributed by atoms with Crippen LogP contribution >= 0.6 is 0 Å². The molecule has 0 spiro atoms. The molecule has 5 nitrogen and oxygen atoms in total. The first-order valence-electron chi connectivity index (χ1n) is 7.02. The third-order valence-corrected chi connectivity index (χ3v) is 3.91. The van der Waals surface area contributed by atoms with Crippen LogP contribution in [0.1, 0.15) is 37.8 Å². The Kier molecular flexibility index (Phi) is 4.72. The zero-order valence-electron chi connectivity index (χ0n) is 11.8. The normalized spacial score (nSPS) is 21.4. The first kappa shape index (κ1) is 13.5. The van der Waals surface area contributed by atoms with Crippen molar-refractivity contribution in [3.8, 4) is 0 Å².